The molecule has 0 saturated carbocycles. The molecule has 1 N–H and O–H groups in total. The number of carbonyl (C=O) groups is 1. The summed E-state index contributed by atoms with van der Waals surface area (Å²) in [7, 11) is 1.67. The highest BCUT2D eigenvalue weighted by atomic mass is 19.1. The van der Waals surface area contributed by atoms with Crippen LogP contribution in [0.2, 0.25) is 0 Å². The number of nitrogens with zero attached hydrogens (tertiary/aromatic N) is 3. The van der Waals surface area contributed by atoms with E-state index in [0.29, 0.717) is 23.5 Å². The quantitative estimate of drug-likeness (QED) is 0.615. The molecule has 1 amide bonds. The third-order valence-corrected chi connectivity index (χ3v) is 5.25. The topological polar surface area (TPSA) is 61.1 Å². The normalized spacial score (nSPS) is 10.9. The summed E-state index contributed by atoms with van der Waals surface area (Å²) in [6, 6.07) is 15.3. The molecule has 0 fully saturated rings. The summed E-state index contributed by atoms with van der Waals surface area (Å²) in [6.07, 6.45) is 0. The molecule has 1 heterocycles. The highest BCUT2D eigenvalue weighted by Crippen LogP contribution is 2.27. The van der Waals surface area contributed by atoms with Crippen molar-refractivity contribution in [2.75, 3.05) is 18.9 Å². The highest BCUT2D eigenvalue weighted by Gasteiger charge is 2.20. The highest BCUT2D eigenvalue weighted by molar-refractivity contribution is 5.93. The van der Waals surface area contributed by atoms with Crippen molar-refractivity contribution < 1.29 is 13.6 Å². The molecule has 0 aliphatic heterocycles. The Balaban J connectivity index is 1.77. The van der Waals surface area contributed by atoms with E-state index in [1.807, 2.05) is 48.7 Å². The van der Waals surface area contributed by atoms with E-state index in [4.69, 9.17) is 0 Å². The third-order valence-electron chi connectivity index (χ3n) is 5.25. The molecule has 0 atom stereocenters. The van der Waals surface area contributed by atoms with Crippen molar-refractivity contribution in [1.29, 1.82) is 5.26 Å². The molecule has 0 aliphatic carbocycles. The van der Waals surface area contributed by atoms with Crippen molar-refractivity contribution in [3.05, 3.63) is 88.1 Å². The molecule has 0 saturated heterocycles. The summed E-state index contributed by atoms with van der Waals surface area (Å²) >= 11 is 0. The maximum atomic E-state index is 13.9. The van der Waals surface area contributed by atoms with Gasteiger partial charge < -0.3 is 9.88 Å². The van der Waals surface area contributed by atoms with Crippen molar-refractivity contribution >= 4 is 11.7 Å². The number of amides is 1. The zero-order chi connectivity index (χ0) is 22.5. The van der Waals surface area contributed by atoms with E-state index in [0.717, 1.165) is 22.9 Å². The fourth-order valence-electron chi connectivity index (χ4n) is 3.51. The van der Waals surface area contributed by atoms with Crippen LogP contribution < -0.4 is 5.32 Å². The first kappa shape index (κ1) is 22.2. The number of nitrogens with one attached hydrogen (secondary N) is 1. The Morgan fingerprint density at radius 1 is 1.16 bits per heavy atom. The summed E-state index contributed by atoms with van der Waals surface area (Å²) in [6.45, 7) is 4.41. The number of likely N-dealkylation sites (N-methyl/N-ethyl adjacent to an activating group) is 1. The van der Waals surface area contributed by atoms with Crippen LogP contribution in [0, 0.1) is 36.8 Å². The number of benzene rings is 2. The number of hydrogen-bond acceptors (Lipinski definition) is 3. The van der Waals surface area contributed by atoms with Gasteiger partial charge in [0.25, 0.3) is 0 Å². The number of aromatic nitrogens is 1. The molecule has 2 aromatic carbocycles. The van der Waals surface area contributed by atoms with Crippen LogP contribution in [0.5, 0.6) is 0 Å². The van der Waals surface area contributed by atoms with E-state index in [2.05, 4.69) is 11.4 Å². The minimum absolute atomic E-state index is 0.0176. The SMILES string of the molecule is Cc1c(C#N)c(NC(=O)CN(C)Cc2ccc(F)cc2F)n(Cc2ccccc2)c1C. The number of halogens is 2. The molecular formula is C24H24F2N4O. The van der Waals surface area contributed by atoms with Gasteiger partial charge in [-0.1, -0.05) is 36.4 Å². The first-order valence-electron chi connectivity index (χ1n) is 9.86. The first-order chi connectivity index (χ1) is 14.8. The summed E-state index contributed by atoms with van der Waals surface area (Å²) in [4.78, 5) is 14.3. The predicted molar refractivity (Wildman–Crippen MR) is 115 cm³/mol. The van der Waals surface area contributed by atoms with Gasteiger partial charge >= 0.3 is 0 Å². The van der Waals surface area contributed by atoms with Crippen LogP contribution in [0.4, 0.5) is 14.6 Å². The Labute approximate surface area is 180 Å². The second-order valence-electron chi connectivity index (χ2n) is 7.57. The molecule has 0 aliphatic rings. The molecule has 0 radical (unpaired) electrons. The van der Waals surface area contributed by atoms with Crippen molar-refractivity contribution in [1.82, 2.24) is 9.47 Å². The van der Waals surface area contributed by atoms with Gasteiger partial charge in [-0.05, 0) is 38.1 Å². The van der Waals surface area contributed by atoms with Gasteiger partial charge in [-0.2, -0.15) is 5.26 Å². The van der Waals surface area contributed by atoms with Crippen molar-refractivity contribution in [2.24, 2.45) is 0 Å². The molecule has 0 unspecified atom stereocenters. The third kappa shape index (κ3) is 5.16. The van der Waals surface area contributed by atoms with E-state index in [9.17, 15) is 18.8 Å². The maximum Gasteiger partial charge on any atom is 0.239 e. The Hall–Kier alpha value is -3.50. The van der Waals surface area contributed by atoms with E-state index in [-0.39, 0.29) is 19.0 Å². The average Bonchev–Trinajstić information content (AvgIpc) is 2.94. The minimum atomic E-state index is -0.651. The van der Waals surface area contributed by atoms with Gasteiger partial charge in [0, 0.05) is 30.4 Å². The average molecular weight is 422 g/mol. The molecule has 0 spiro atoms. The number of rotatable bonds is 7. The van der Waals surface area contributed by atoms with Gasteiger partial charge in [0.15, 0.2) is 0 Å². The summed E-state index contributed by atoms with van der Waals surface area (Å²) in [5.74, 6) is -1.17. The second-order valence-corrected chi connectivity index (χ2v) is 7.57. The lowest BCUT2D eigenvalue weighted by Crippen LogP contribution is -2.31. The standard InChI is InChI=1S/C24H24F2N4O/c1-16-17(2)30(13-18-7-5-4-6-8-18)24(21(16)12-27)28-23(31)15-29(3)14-19-9-10-20(25)11-22(19)26/h4-11H,13-15H2,1-3H3,(H,28,31). The lowest BCUT2D eigenvalue weighted by Gasteiger charge is -2.18. The predicted octanol–water partition coefficient (Wildman–Crippen LogP) is 4.37. The number of anilines is 1. The largest absolute Gasteiger partial charge is 0.326 e. The van der Waals surface area contributed by atoms with Crippen LogP contribution in [0.15, 0.2) is 48.5 Å². The lowest BCUT2D eigenvalue weighted by molar-refractivity contribution is -0.117. The summed E-state index contributed by atoms with van der Waals surface area (Å²) < 4.78 is 28.9. The monoisotopic (exact) mass is 422 g/mol. The molecule has 31 heavy (non-hydrogen) atoms. The van der Waals surface area contributed by atoms with Gasteiger partial charge in [-0.3, -0.25) is 9.69 Å². The number of nitriles is 1. The first-order valence-corrected chi connectivity index (χ1v) is 9.86. The number of hydrogen-bond donors (Lipinski definition) is 1. The molecule has 160 valence electrons. The van der Waals surface area contributed by atoms with E-state index < -0.39 is 11.6 Å². The van der Waals surface area contributed by atoms with Crippen molar-refractivity contribution in [3.8, 4) is 6.07 Å². The van der Waals surface area contributed by atoms with Crippen LogP contribution in [0.1, 0.15) is 27.9 Å². The molecule has 7 heteroatoms. The van der Waals surface area contributed by atoms with Crippen LogP contribution in [-0.2, 0) is 17.9 Å². The molecule has 5 nitrogen and oxygen atoms in total. The Bertz CT molecular complexity index is 1130. The number of carbonyl (C=O) groups excluding carboxylic acids is 1. The molecule has 1 aromatic heterocycles. The van der Waals surface area contributed by atoms with Crippen molar-refractivity contribution in [3.63, 3.8) is 0 Å². The van der Waals surface area contributed by atoms with E-state index in [1.54, 1.807) is 11.9 Å². The van der Waals surface area contributed by atoms with Gasteiger partial charge in [0.05, 0.1) is 12.1 Å². The van der Waals surface area contributed by atoms with E-state index >= 15 is 0 Å². The maximum absolute atomic E-state index is 13.9. The van der Waals surface area contributed by atoms with Crippen LogP contribution in [0.3, 0.4) is 0 Å². The zero-order valence-corrected chi connectivity index (χ0v) is 17.7. The molecule has 0 bridgehead atoms. The van der Waals surface area contributed by atoms with Gasteiger partial charge in [-0.25, -0.2) is 8.78 Å². The molecular weight excluding hydrogens is 398 g/mol. The summed E-state index contributed by atoms with van der Waals surface area (Å²) in [5.41, 5.74) is 3.49. The van der Waals surface area contributed by atoms with Crippen LogP contribution in [-0.4, -0.2) is 29.0 Å². The Morgan fingerprint density at radius 3 is 2.52 bits per heavy atom. The van der Waals surface area contributed by atoms with Gasteiger partial charge in [-0.15, -0.1) is 0 Å². The molecule has 3 aromatic rings. The fourth-order valence-corrected chi connectivity index (χ4v) is 3.51. The second kappa shape index (κ2) is 9.54. The Kier molecular flexibility index (Phi) is 6.83. The van der Waals surface area contributed by atoms with Crippen LogP contribution in [0.25, 0.3) is 0 Å². The lowest BCUT2D eigenvalue weighted by atomic mass is 10.2. The van der Waals surface area contributed by atoms with Gasteiger partial charge in [0.2, 0.25) is 5.91 Å². The Morgan fingerprint density at radius 2 is 1.87 bits per heavy atom. The van der Waals surface area contributed by atoms with Gasteiger partial charge in [0.1, 0.15) is 23.5 Å². The van der Waals surface area contributed by atoms with Crippen molar-refractivity contribution in [2.45, 2.75) is 26.9 Å². The van der Waals surface area contributed by atoms with Crippen LogP contribution >= 0.6 is 0 Å². The summed E-state index contributed by atoms with van der Waals surface area (Å²) in [5, 5.41) is 12.5. The minimum Gasteiger partial charge on any atom is -0.326 e. The zero-order valence-electron chi connectivity index (χ0n) is 17.7. The fraction of sp³-hybridized carbons (Fsp3) is 0.250. The van der Waals surface area contributed by atoms with E-state index in [1.165, 1.54) is 12.1 Å². The molecule has 3 rings (SSSR count). The smallest absolute Gasteiger partial charge is 0.239 e.